The molecule has 2 aliphatic heterocycles. The normalized spacial score (nSPS) is 18.9. The minimum absolute atomic E-state index is 0.0838. The van der Waals surface area contributed by atoms with Crippen molar-refractivity contribution in [3.63, 3.8) is 0 Å². The van der Waals surface area contributed by atoms with Gasteiger partial charge < -0.3 is 10.2 Å². The molecule has 2 fully saturated rings. The van der Waals surface area contributed by atoms with Crippen LogP contribution in [0.2, 0.25) is 0 Å². The molecule has 1 aromatic carbocycles. The van der Waals surface area contributed by atoms with Crippen LogP contribution in [0.3, 0.4) is 0 Å². The maximum absolute atomic E-state index is 14.5. The molecule has 27 heavy (non-hydrogen) atoms. The fourth-order valence-electron chi connectivity index (χ4n) is 4.24. The number of piperidine rings is 1. The van der Waals surface area contributed by atoms with Gasteiger partial charge in [-0.1, -0.05) is 12.1 Å². The highest BCUT2D eigenvalue weighted by Gasteiger charge is 2.22. The second-order valence-electron chi connectivity index (χ2n) is 7.68. The largest absolute Gasteiger partial charge is 0.371 e. The van der Waals surface area contributed by atoms with Gasteiger partial charge in [0.1, 0.15) is 5.82 Å². The summed E-state index contributed by atoms with van der Waals surface area (Å²) in [5.41, 5.74) is 3.04. The van der Waals surface area contributed by atoms with E-state index < -0.39 is 0 Å². The van der Waals surface area contributed by atoms with Crippen LogP contribution in [0.5, 0.6) is 0 Å². The van der Waals surface area contributed by atoms with E-state index in [1.807, 2.05) is 24.4 Å². The van der Waals surface area contributed by atoms with E-state index in [4.69, 9.17) is 0 Å². The molecule has 1 aromatic heterocycles. The van der Waals surface area contributed by atoms with Crippen LogP contribution >= 0.6 is 0 Å². The highest BCUT2D eigenvalue weighted by atomic mass is 19.1. The van der Waals surface area contributed by atoms with Crippen molar-refractivity contribution in [2.24, 2.45) is 0 Å². The minimum Gasteiger partial charge on any atom is -0.371 e. The average Bonchev–Trinajstić information content (AvgIpc) is 3.23. The zero-order valence-electron chi connectivity index (χ0n) is 15.9. The predicted molar refractivity (Wildman–Crippen MR) is 107 cm³/mol. The topological polar surface area (TPSA) is 31.4 Å². The molecule has 0 unspecified atom stereocenters. The molecule has 2 aliphatic rings. The Morgan fingerprint density at radius 1 is 1.00 bits per heavy atom. The molecule has 0 amide bonds. The number of rotatable bonds is 6. The Kier molecular flexibility index (Phi) is 6.00. The van der Waals surface area contributed by atoms with Crippen molar-refractivity contribution < 1.29 is 4.39 Å². The zero-order chi connectivity index (χ0) is 18.5. The summed E-state index contributed by atoms with van der Waals surface area (Å²) < 4.78 is 14.5. The average molecular weight is 369 g/mol. The second kappa shape index (κ2) is 8.81. The van der Waals surface area contributed by atoms with Gasteiger partial charge in [-0.15, -0.1) is 0 Å². The molecule has 5 heteroatoms. The summed E-state index contributed by atoms with van der Waals surface area (Å²) in [5, 5.41) is 3.62. The summed E-state index contributed by atoms with van der Waals surface area (Å²) in [6, 6.07) is 12.0. The number of pyridine rings is 1. The van der Waals surface area contributed by atoms with Crippen LogP contribution in [0.1, 0.15) is 36.9 Å². The third-order valence-corrected chi connectivity index (χ3v) is 5.81. The van der Waals surface area contributed by atoms with E-state index in [1.54, 1.807) is 6.07 Å². The zero-order valence-corrected chi connectivity index (χ0v) is 15.9. The van der Waals surface area contributed by atoms with Crippen molar-refractivity contribution in [3.8, 4) is 0 Å². The van der Waals surface area contributed by atoms with Crippen molar-refractivity contribution >= 4 is 5.69 Å². The van der Waals surface area contributed by atoms with Crippen molar-refractivity contribution in [1.82, 2.24) is 15.2 Å². The van der Waals surface area contributed by atoms with Crippen molar-refractivity contribution in [2.75, 3.05) is 31.1 Å². The summed E-state index contributed by atoms with van der Waals surface area (Å²) in [7, 11) is 0. The molecule has 4 nitrogen and oxygen atoms in total. The Labute approximate surface area is 161 Å². The number of hydrogen-bond donors (Lipinski definition) is 1. The first-order valence-corrected chi connectivity index (χ1v) is 10.2. The van der Waals surface area contributed by atoms with E-state index in [1.165, 1.54) is 12.8 Å². The maximum Gasteiger partial charge on any atom is 0.129 e. The predicted octanol–water partition coefficient (Wildman–Crippen LogP) is 3.58. The Balaban J connectivity index is 1.30. The van der Waals surface area contributed by atoms with Gasteiger partial charge in [0.05, 0.1) is 5.69 Å². The van der Waals surface area contributed by atoms with Crippen LogP contribution in [-0.2, 0) is 13.1 Å². The third kappa shape index (κ3) is 4.66. The van der Waals surface area contributed by atoms with Crippen LogP contribution in [-0.4, -0.2) is 42.1 Å². The SMILES string of the molecule is Fc1cccc(N2CCCC2)c1CNC1CCN(Cc2ccccn2)CC1. The van der Waals surface area contributed by atoms with Crippen LogP contribution in [0.15, 0.2) is 42.6 Å². The van der Waals surface area contributed by atoms with Gasteiger partial charge in [-0.3, -0.25) is 9.88 Å². The van der Waals surface area contributed by atoms with Crippen LogP contribution in [0.25, 0.3) is 0 Å². The number of hydrogen-bond acceptors (Lipinski definition) is 4. The van der Waals surface area contributed by atoms with Crippen molar-refractivity contribution in [1.29, 1.82) is 0 Å². The fourth-order valence-corrected chi connectivity index (χ4v) is 4.24. The number of anilines is 1. The molecule has 4 rings (SSSR count). The first-order valence-electron chi connectivity index (χ1n) is 10.2. The van der Waals surface area contributed by atoms with Gasteiger partial charge in [0.15, 0.2) is 0 Å². The van der Waals surface area contributed by atoms with E-state index in [9.17, 15) is 4.39 Å². The molecular weight excluding hydrogens is 339 g/mol. The summed E-state index contributed by atoms with van der Waals surface area (Å²) >= 11 is 0. The Bertz CT molecular complexity index is 722. The van der Waals surface area contributed by atoms with E-state index in [-0.39, 0.29) is 5.82 Å². The number of aromatic nitrogens is 1. The van der Waals surface area contributed by atoms with Gasteiger partial charge >= 0.3 is 0 Å². The molecule has 144 valence electrons. The first-order chi connectivity index (χ1) is 13.3. The molecule has 1 N–H and O–H groups in total. The number of halogens is 1. The monoisotopic (exact) mass is 368 g/mol. The van der Waals surface area contributed by atoms with Gasteiger partial charge in [-0.25, -0.2) is 4.39 Å². The second-order valence-corrected chi connectivity index (χ2v) is 7.68. The van der Waals surface area contributed by atoms with E-state index in [2.05, 4.69) is 32.2 Å². The summed E-state index contributed by atoms with van der Waals surface area (Å²) in [6.45, 7) is 5.74. The van der Waals surface area contributed by atoms with Crippen molar-refractivity contribution in [2.45, 2.75) is 44.8 Å². The molecule has 2 saturated heterocycles. The van der Waals surface area contributed by atoms with Crippen LogP contribution in [0.4, 0.5) is 10.1 Å². The third-order valence-electron chi connectivity index (χ3n) is 5.81. The highest BCUT2D eigenvalue weighted by molar-refractivity contribution is 5.54. The molecule has 0 saturated carbocycles. The molecule has 2 aromatic rings. The summed E-state index contributed by atoms with van der Waals surface area (Å²) in [6.07, 6.45) is 6.47. The maximum atomic E-state index is 14.5. The lowest BCUT2D eigenvalue weighted by Crippen LogP contribution is -2.42. The standard InChI is InChI=1S/C22H29FN4/c23-21-7-5-8-22(27-12-3-4-13-27)20(21)16-25-18-9-14-26(15-10-18)17-19-6-1-2-11-24-19/h1-2,5-8,11,18,25H,3-4,9-10,12-17H2. The van der Waals surface area contributed by atoms with E-state index in [0.717, 1.165) is 62.5 Å². The number of nitrogens with zero attached hydrogens (tertiary/aromatic N) is 3. The summed E-state index contributed by atoms with van der Waals surface area (Å²) in [4.78, 5) is 9.21. The molecule has 0 radical (unpaired) electrons. The van der Waals surface area contributed by atoms with Gasteiger partial charge in [0.2, 0.25) is 0 Å². The van der Waals surface area contributed by atoms with Crippen LogP contribution < -0.4 is 10.2 Å². The van der Waals surface area contributed by atoms with Gasteiger partial charge in [0.25, 0.3) is 0 Å². The van der Waals surface area contributed by atoms with Crippen molar-refractivity contribution in [3.05, 3.63) is 59.7 Å². The lowest BCUT2D eigenvalue weighted by Gasteiger charge is -2.32. The number of nitrogens with one attached hydrogen (secondary N) is 1. The molecule has 0 aliphatic carbocycles. The van der Waals surface area contributed by atoms with E-state index in [0.29, 0.717) is 12.6 Å². The smallest absolute Gasteiger partial charge is 0.129 e. The lowest BCUT2D eigenvalue weighted by atomic mass is 10.0. The Morgan fingerprint density at radius 2 is 1.81 bits per heavy atom. The fraction of sp³-hybridized carbons (Fsp3) is 0.500. The summed E-state index contributed by atoms with van der Waals surface area (Å²) in [5.74, 6) is -0.0838. The number of benzene rings is 1. The molecule has 0 spiro atoms. The molecule has 0 bridgehead atoms. The van der Waals surface area contributed by atoms with Gasteiger partial charge in [0, 0.05) is 62.8 Å². The van der Waals surface area contributed by atoms with Crippen LogP contribution in [0, 0.1) is 5.82 Å². The quantitative estimate of drug-likeness (QED) is 0.845. The highest BCUT2D eigenvalue weighted by Crippen LogP contribution is 2.27. The first kappa shape index (κ1) is 18.4. The van der Waals surface area contributed by atoms with E-state index >= 15 is 0 Å². The molecule has 0 atom stereocenters. The van der Waals surface area contributed by atoms with Gasteiger partial charge in [-0.05, 0) is 49.9 Å². The van der Waals surface area contributed by atoms with Gasteiger partial charge in [-0.2, -0.15) is 0 Å². The lowest BCUT2D eigenvalue weighted by molar-refractivity contribution is 0.188. The molecular formula is C22H29FN4. The minimum atomic E-state index is -0.0838. The Hall–Kier alpha value is -1.98. The number of likely N-dealkylation sites (tertiary alicyclic amines) is 1. The molecule has 3 heterocycles. The Morgan fingerprint density at radius 3 is 2.56 bits per heavy atom.